The molecule has 0 heteroatoms. The second-order valence-electron chi connectivity index (χ2n) is 4.21. The average molecular weight is 157 g/mol. The summed E-state index contributed by atoms with van der Waals surface area (Å²) in [5, 5.41) is 0. The summed E-state index contributed by atoms with van der Waals surface area (Å²) in [7, 11) is 0. The first kappa shape index (κ1) is 6.71. The van der Waals surface area contributed by atoms with Gasteiger partial charge in [-0.2, -0.15) is 0 Å². The van der Waals surface area contributed by atoms with Crippen LogP contribution >= 0.6 is 0 Å². The van der Waals surface area contributed by atoms with E-state index in [9.17, 15) is 0 Å². The second-order valence-corrected chi connectivity index (χ2v) is 4.21. The van der Waals surface area contributed by atoms with Crippen molar-refractivity contribution in [1.82, 2.24) is 0 Å². The normalized spacial score (nSPS) is 36.9. The third kappa shape index (κ3) is 0.639. The smallest absolute Gasteiger partial charge is 0.000960 e. The van der Waals surface area contributed by atoms with E-state index in [0.717, 1.165) is 0 Å². The average Bonchev–Trinajstić information content (AvgIpc) is 2.58. The van der Waals surface area contributed by atoms with Gasteiger partial charge in [0.15, 0.2) is 0 Å². The lowest BCUT2D eigenvalue weighted by Gasteiger charge is -2.08. The summed E-state index contributed by atoms with van der Waals surface area (Å²) in [6.45, 7) is 4.18. The molecular weight excluding hydrogens is 144 g/mol. The molecular formula is C12H13. The van der Waals surface area contributed by atoms with Crippen LogP contribution in [0.3, 0.4) is 0 Å². The molecule has 1 radical (unpaired) electrons. The first-order chi connectivity index (χ1) is 5.83. The van der Waals surface area contributed by atoms with E-state index in [0.29, 0.717) is 11.3 Å². The van der Waals surface area contributed by atoms with Crippen LogP contribution in [0, 0.1) is 12.8 Å². The van der Waals surface area contributed by atoms with E-state index in [4.69, 9.17) is 0 Å². The van der Waals surface area contributed by atoms with E-state index in [-0.39, 0.29) is 0 Å². The highest BCUT2D eigenvalue weighted by Gasteiger charge is 2.54. The van der Waals surface area contributed by atoms with E-state index >= 15 is 0 Å². The molecule has 2 aliphatic rings. The van der Waals surface area contributed by atoms with E-state index < -0.39 is 0 Å². The summed E-state index contributed by atoms with van der Waals surface area (Å²) in [6, 6.07) is 8.89. The van der Waals surface area contributed by atoms with Crippen LogP contribution in [-0.2, 0) is 11.8 Å². The van der Waals surface area contributed by atoms with E-state index in [1.54, 1.807) is 11.1 Å². The Morgan fingerprint density at radius 2 is 2.08 bits per heavy atom. The molecule has 0 N–H and O–H groups in total. The number of aryl methyl sites for hydroxylation is 1. The van der Waals surface area contributed by atoms with Crippen molar-refractivity contribution in [1.29, 1.82) is 0 Å². The molecule has 0 nitrogen and oxygen atoms in total. The predicted molar refractivity (Wildman–Crippen MR) is 49.9 cm³/mol. The summed E-state index contributed by atoms with van der Waals surface area (Å²) < 4.78 is 0. The molecule has 0 bridgehead atoms. The van der Waals surface area contributed by atoms with Gasteiger partial charge in [-0.1, -0.05) is 24.3 Å². The van der Waals surface area contributed by atoms with Gasteiger partial charge in [-0.3, -0.25) is 0 Å². The van der Waals surface area contributed by atoms with Crippen LogP contribution in [-0.4, -0.2) is 0 Å². The molecule has 1 spiro atoms. The van der Waals surface area contributed by atoms with Gasteiger partial charge in [0.05, 0.1) is 0 Å². The fourth-order valence-electron chi connectivity index (χ4n) is 2.73. The lowest BCUT2D eigenvalue weighted by Crippen LogP contribution is -2.02. The maximum atomic E-state index is 4.18. The van der Waals surface area contributed by atoms with Crippen LogP contribution in [0.5, 0.6) is 0 Å². The summed E-state index contributed by atoms with van der Waals surface area (Å²) in [5.41, 5.74) is 3.70. The Hall–Kier alpha value is -0.780. The third-order valence-electron chi connectivity index (χ3n) is 3.63. The molecule has 1 aromatic rings. The van der Waals surface area contributed by atoms with Crippen molar-refractivity contribution >= 4 is 0 Å². The molecule has 2 atom stereocenters. The highest BCUT2D eigenvalue weighted by Crippen LogP contribution is 2.60. The second kappa shape index (κ2) is 1.93. The van der Waals surface area contributed by atoms with Gasteiger partial charge in [-0.25, -0.2) is 0 Å². The zero-order valence-corrected chi connectivity index (χ0v) is 7.22. The maximum Gasteiger partial charge on any atom is -0.000960 e. The monoisotopic (exact) mass is 157 g/mol. The Bertz CT molecular complexity index is 327. The minimum atomic E-state index is 0.524. The minimum Gasteiger partial charge on any atom is -0.0620 e. The summed E-state index contributed by atoms with van der Waals surface area (Å²) >= 11 is 0. The molecule has 0 unspecified atom stereocenters. The van der Waals surface area contributed by atoms with Gasteiger partial charge >= 0.3 is 0 Å². The van der Waals surface area contributed by atoms with Gasteiger partial charge in [0.25, 0.3) is 0 Å². The van der Waals surface area contributed by atoms with Gasteiger partial charge in [0, 0.05) is 0 Å². The van der Waals surface area contributed by atoms with Gasteiger partial charge in [0.2, 0.25) is 0 Å². The van der Waals surface area contributed by atoms with Crippen molar-refractivity contribution < 1.29 is 0 Å². The largest absolute Gasteiger partial charge is 0.0620 e. The molecule has 0 aliphatic heterocycles. The zero-order chi connectivity index (χ0) is 8.18. The van der Waals surface area contributed by atoms with Crippen LogP contribution in [0.25, 0.3) is 0 Å². The van der Waals surface area contributed by atoms with Gasteiger partial charge in [-0.05, 0) is 48.6 Å². The molecule has 0 amide bonds. The van der Waals surface area contributed by atoms with Gasteiger partial charge < -0.3 is 0 Å². The third-order valence-corrected chi connectivity index (χ3v) is 3.63. The molecule has 1 fully saturated rings. The molecule has 0 heterocycles. The number of fused-ring (bicyclic) bond motifs is 2. The lowest BCUT2D eigenvalue weighted by molar-refractivity contribution is 0.644. The Kier molecular flexibility index (Phi) is 1.08. The van der Waals surface area contributed by atoms with E-state index in [1.807, 2.05) is 0 Å². The molecule has 1 aromatic carbocycles. The number of hydrogen-bond acceptors (Lipinski definition) is 0. The first-order valence-electron chi connectivity index (χ1n) is 4.74. The van der Waals surface area contributed by atoms with E-state index in [1.165, 1.54) is 19.3 Å². The number of benzene rings is 1. The topological polar surface area (TPSA) is 0 Å². The highest BCUT2D eigenvalue weighted by molar-refractivity contribution is 5.45. The molecule has 12 heavy (non-hydrogen) atoms. The Balaban J connectivity index is 2.15. The lowest BCUT2D eigenvalue weighted by atomic mass is 9.96. The predicted octanol–water partition coefficient (Wildman–Crippen LogP) is 2.72. The minimum absolute atomic E-state index is 0.524. The van der Waals surface area contributed by atoms with Crippen LogP contribution < -0.4 is 0 Å². The van der Waals surface area contributed by atoms with Crippen molar-refractivity contribution in [3.8, 4) is 0 Å². The molecule has 3 rings (SSSR count). The standard InChI is InChI=1S/C12H13/c1-9-8-12(9)7-6-10-4-2-3-5-11(10)12/h2-5,9H,1,6-8H2/t9-,12+/m0/s1. The van der Waals surface area contributed by atoms with Crippen LogP contribution in [0.1, 0.15) is 24.0 Å². The van der Waals surface area contributed by atoms with Crippen molar-refractivity contribution in [3.63, 3.8) is 0 Å². The van der Waals surface area contributed by atoms with E-state index in [2.05, 4.69) is 31.2 Å². The number of rotatable bonds is 0. The Morgan fingerprint density at radius 3 is 2.83 bits per heavy atom. The number of hydrogen-bond donors (Lipinski definition) is 0. The first-order valence-corrected chi connectivity index (χ1v) is 4.74. The SMILES string of the molecule is [CH2][C@H]1C[C@]12CCc1ccccc12. The molecule has 1 saturated carbocycles. The van der Waals surface area contributed by atoms with Crippen LogP contribution in [0.2, 0.25) is 0 Å². The fraction of sp³-hybridized carbons (Fsp3) is 0.417. The fourth-order valence-corrected chi connectivity index (χ4v) is 2.73. The molecule has 61 valence electrons. The van der Waals surface area contributed by atoms with Crippen molar-refractivity contribution in [2.45, 2.75) is 24.7 Å². The highest BCUT2D eigenvalue weighted by atomic mass is 14.6. The van der Waals surface area contributed by atoms with Crippen molar-refractivity contribution in [2.24, 2.45) is 5.92 Å². The summed E-state index contributed by atoms with van der Waals surface area (Å²) in [6.07, 6.45) is 3.95. The maximum absolute atomic E-state index is 4.18. The summed E-state index contributed by atoms with van der Waals surface area (Å²) in [4.78, 5) is 0. The van der Waals surface area contributed by atoms with Gasteiger partial charge in [0.1, 0.15) is 0 Å². The molecule has 2 aliphatic carbocycles. The van der Waals surface area contributed by atoms with Gasteiger partial charge in [-0.15, -0.1) is 0 Å². The Labute approximate surface area is 73.6 Å². The van der Waals surface area contributed by atoms with Crippen LogP contribution in [0.15, 0.2) is 24.3 Å². The van der Waals surface area contributed by atoms with Crippen molar-refractivity contribution in [3.05, 3.63) is 42.3 Å². The molecule has 0 aromatic heterocycles. The zero-order valence-electron chi connectivity index (χ0n) is 7.22. The summed E-state index contributed by atoms with van der Waals surface area (Å²) in [5.74, 6) is 0.696. The Morgan fingerprint density at radius 1 is 1.33 bits per heavy atom. The quantitative estimate of drug-likeness (QED) is 0.543. The molecule has 0 saturated heterocycles. The van der Waals surface area contributed by atoms with Crippen molar-refractivity contribution in [2.75, 3.05) is 0 Å². The van der Waals surface area contributed by atoms with Crippen LogP contribution in [0.4, 0.5) is 0 Å².